The standard InChI is InChI=1S/C8H9F2NS/c1-11-8(12-10)6-2-4-7(9)5-3-6/h2-5,8,11H,1H3. The zero-order valence-electron chi connectivity index (χ0n) is 6.55. The van der Waals surface area contributed by atoms with E-state index in [9.17, 15) is 8.28 Å². The van der Waals surface area contributed by atoms with Crippen LogP contribution in [0, 0.1) is 5.82 Å². The Morgan fingerprint density at radius 2 is 1.92 bits per heavy atom. The van der Waals surface area contributed by atoms with Crippen LogP contribution in [0.1, 0.15) is 10.9 Å². The van der Waals surface area contributed by atoms with Gasteiger partial charge in [-0.1, -0.05) is 12.1 Å². The molecule has 0 aliphatic carbocycles. The third kappa shape index (κ3) is 2.19. The van der Waals surface area contributed by atoms with Gasteiger partial charge >= 0.3 is 0 Å². The van der Waals surface area contributed by atoms with Gasteiger partial charge in [-0.2, -0.15) is 3.89 Å². The lowest BCUT2D eigenvalue weighted by Gasteiger charge is -2.09. The number of nitrogens with one attached hydrogen (secondary N) is 1. The predicted octanol–water partition coefficient (Wildman–Crippen LogP) is 2.66. The smallest absolute Gasteiger partial charge is 0.123 e. The average Bonchev–Trinajstić information content (AvgIpc) is 2.10. The van der Waals surface area contributed by atoms with Gasteiger partial charge in [0.25, 0.3) is 0 Å². The molecule has 12 heavy (non-hydrogen) atoms. The van der Waals surface area contributed by atoms with Gasteiger partial charge in [0.1, 0.15) is 11.2 Å². The van der Waals surface area contributed by atoms with Crippen molar-refractivity contribution < 1.29 is 8.28 Å². The summed E-state index contributed by atoms with van der Waals surface area (Å²) in [5, 5.41) is 2.34. The van der Waals surface area contributed by atoms with Crippen molar-refractivity contribution in [2.24, 2.45) is 0 Å². The Hall–Kier alpha value is -0.610. The van der Waals surface area contributed by atoms with E-state index in [-0.39, 0.29) is 18.0 Å². The number of halogens is 2. The van der Waals surface area contributed by atoms with Gasteiger partial charge < -0.3 is 5.32 Å². The molecule has 1 nitrogen and oxygen atoms in total. The van der Waals surface area contributed by atoms with Gasteiger partial charge in [-0.25, -0.2) is 4.39 Å². The van der Waals surface area contributed by atoms with Gasteiger partial charge in [0, 0.05) is 0 Å². The van der Waals surface area contributed by atoms with Crippen LogP contribution in [0.2, 0.25) is 0 Å². The van der Waals surface area contributed by atoms with E-state index in [0.29, 0.717) is 0 Å². The van der Waals surface area contributed by atoms with Crippen LogP contribution in [-0.2, 0) is 0 Å². The predicted molar refractivity (Wildman–Crippen MR) is 46.9 cm³/mol. The van der Waals surface area contributed by atoms with Crippen molar-refractivity contribution in [3.05, 3.63) is 35.6 Å². The minimum absolute atomic E-state index is 0.195. The van der Waals surface area contributed by atoms with Crippen LogP contribution < -0.4 is 5.32 Å². The van der Waals surface area contributed by atoms with Crippen molar-refractivity contribution in [2.45, 2.75) is 5.37 Å². The lowest BCUT2D eigenvalue weighted by molar-refractivity contribution is 0.626. The van der Waals surface area contributed by atoms with Crippen LogP contribution >= 0.6 is 12.1 Å². The quantitative estimate of drug-likeness (QED) is 0.733. The maximum Gasteiger partial charge on any atom is 0.123 e. The summed E-state index contributed by atoms with van der Waals surface area (Å²) in [5.41, 5.74) is 0.728. The molecule has 1 N–H and O–H groups in total. The molecule has 4 heteroatoms. The first-order valence-corrected chi connectivity index (χ1v) is 4.26. The summed E-state index contributed by atoms with van der Waals surface area (Å²) in [6.45, 7) is 0. The van der Waals surface area contributed by atoms with Crippen LogP contribution in [-0.4, -0.2) is 7.05 Å². The summed E-state index contributed by atoms with van der Waals surface area (Å²) < 4.78 is 24.6. The van der Waals surface area contributed by atoms with E-state index >= 15 is 0 Å². The molecule has 0 aliphatic rings. The molecule has 1 aromatic rings. The second kappa shape index (κ2) is 4.42. The molecule has 0 saturated heterocycles. The maximum atomic E-state index is 12.4. The summed E-state index contributed by atoms with van der Waals surface area (Å²) in [6.07, 6.45) is 0. The van der Waals surface area contributed by atoms with Crippen LogP contribution in [0.25, 0.3) is 0 Å². The van der Waals surface area contributed by atoms with E-state index in [1.807, 2.05) is 0 Å². The first-order valence-electron chi connectivity index (χ1n) is 3.48. The Kier molecular flexibility index (Phi) is 3.49. The largest absolute Gasteiger partial charge is 0.303 e. The maximum absolute atomic E-state index is 12.4. The van der Waals surface area contributed by atoms with Gasteiger partial charge in [-0.05, 0) is 24.7 Å². The molecule has 0 radical (unpaired) electrons. The minimum Gasteiger partial charge on any atom is -0.303 e. The van der Waals surface area contributed by atoms with Gasteiger partial charge in [0.15, 0.2) is 0 Å². The molecule has 66 valence electrons. The summed E-state index contributed by atoms with van der Waals surface area (Å²) in [4.78, 5) is 0. The van der Waals surface area contributed by atoms with Crippen LogP contribution in [0.15, 0.2) is 24.3 Å². The fourth-order valence-corrected chi connectivity index (χ4v) is 1.25. The number of benzene rings is 1. The first kappa shape index (κ1) is 9.48. The zero-order valence-corrected chi connectivity index (χ0v) is 7.37. The van der Waals surface area contributed by atoms with Gasteiger partial charge in [-0.3, -0.25) is 0 Å². The highest BCUT2D eigenvalue weighted by molar-refractivity contribution is 7.94. The van der Waals surface area contributed by atoms with E-state index in [1.165, 1.54) is 12.1 Å². The Balaban J connectivity index is 2.80. The van der Waals surface area contributed by atoms with Crippen LogP contribution in [0.3, 0.4) is 0 Å². The fraction of sp³-hybridized carbons (Fsp3) is 0.250. The van der Waals surface area contributed by atoms with Crippen molar-refractivity contribution in [1.29, 1.82) is 0 Å². The highest BCUT2D eigenvalue weighted by Gasteiger charge is 2.08. The number of hydrogen-bond donors (Lipinski definition) is 1. The van der Waals surface area contributed by atoms with Gasteiger partial charge in [-0.15, -0.1) is 0 Å². The summed E-state index contributed by atoms with van der Waals surface area (Å²) in [5.74, 6) is -0.308. The average molecular weight is 189 g/mol. The SMILES string of the molecule is CNC(SF)c1ccc(F)cc1. The van der Waals surface area contributed by atoms with Crippen LogP contribution in [0.4, 0.5) is 8.28 Å². The molecule has 1 unspecified atom stereocenters. The Bertz CT molecular complexity index is 233. The number of rotatable bonds is 3. The van der Waals surface area contributed by atoms with Crippen molar-refractivity contribution >= 4 is 12.1 Å². The first-order chi connectivity index (χ1) is 5.77. The molecule has 0 heterocycles. The van der Waals surface area contributed by atoms with Gasteiger partial charge in [0.2, 0.25) is 0 Å². The summed E-state index contributed by atoms with van der Waals surface area (Å²) in [6, 6.07) is 5.75. The van der Waals surface area contributed by atoms with E-state index in [0.717, 1.165) is 5.56 Å². The molecule has 0 saturated carbocycles. The summed E-state index contributed by atoms with van der Waals surface area (Å²) in [7, 11) is 1.65. The Morgan fingerprint density at radius 3 is 2.33 bits per heavy atom. The molecule has 0 spiro atoms. The molecular formula is C8H9F2NS. The van der Waals surface area contributed by atoms with Crippen molar-refractivity contribution in [2.75, 3.05) is 7.05 Å². The van der Waals surface area contributed by atoms with E-state index in [4.69, 9.17) is 0 Å². The second-order valence-corrected chi connectivity index (χ2v) is 2.96. The molecule has 1 atom stereocenters. The third-order valence-electron chi connectivity index (χ3n) is 1.52. The van der Waals surface area contributed by atoms with Gasteiger partial charge in [0.05, 0.1) is 12.1 Å². The number of hydrogen-bond acceptors (Lipinski definition) is 2. The Morgan fingerprint density at radius 1 is 1.33 bits per heavy atom. The molecule has 0 amide bonds. The monoisotopic (exact) mass is 189 g/mol. The van der Waals surface area contributed by atoms with Crippen molar-refractivity contribution in [3.8, 4) is 0 Å². The van der Waals surface area contributed by atoms with E-state index < -0.39 is 5.37 Å². The summed E-state index contributed by atoms with van der Waals surface area (Å²) >= 11 is 0.195. The minimum atomic E-state index is -0.411. The highest BCUT2D eigenvalue weighted by Crippen LogP contribution is 2.25. The highest BCUT2D eigenvalue weighted by atomic mass is 32.2. The Labute approximate surface area is 74.5 Å². The zero-order chi connectivity index (χ0) is 8.97. The molecule has 0 fully saturated rings. The lowest BCUT2D eigenvalue weighted by Crippen LogP contribution is -2.11. The fourth-order valence-electron chi connectivity index (χ4n) is 0.900. The van der Waals surface area contributed by atoms with E-state index in [1.54, 1.807) is 19.2 Å². The topological polar surface area (TPSA) is 12.0 Å². The molecule has 0 bridgehead atoms. The van der Waals surface area contributed by atoms with Crippen molar-refractivity contribution in [1.82, 2.24) is 5.32 Å². The molecule has 1 aromatic carbocycles. The normalized spacial score (nSPS) is 12.9. The molecule has 1 rings (SSSR count). The molecular weight excluding hydrogens is 180 g/mol. The molecule has 0 aliphatic heterocycles. The second-order valence-electron chi connectivity index (χ2n) is 2.31. The van der Waals surface area contributed by atoms with E-state index in [2.05, 4.69) is 5.32 Å². The third-order valence-corrected chi connectivity index (χ3v) is 2.21. The van der Waals surface area contributed by atoms with Crippen molar-refractivity contribution in [3.63, 3.8) is 0 Å². The molecule has 0 aromatic heterocycles. The van der Waals surface area contributed by atoms with Crippen LogP contribution in [0.5, 0.6) is 0 Å². The lowest BCUT2D eigenvalue weighted by atomic mass is 10.2.